The number of fused-ring (bicyclic) bond motifs is 3. The van der Waals surface area contributed by atoms with Gasteiger partial charge in [0.25, 0.3) is 5.91 Å². The second kappa shape index (κ2) is 8.23. The van der Waals surface area contributed by atoms with Crippen molar-refractivity contribution >= 4 is 23.3 Å². The first-order valence-electron chi connectivity index (χ1n) is 10.3. The van der Waals surface area contributed by atoms with Gasteiger partial charge in [-0.25, -0.2) is 19.3 Å². The van der Waals surface area contributed by atoms with Crippen LogP contribution in [0.5, 0.6) is 0 Å². The lowest BCUT2D eigenvalue weighted by atomic mass is 9.76. The number of anilines is 1. The van der Waals surface area contributed by atoms with Gasteiger partial charge in [0.05, 0.1) is 16.6 Å². The SMILES string of the molecule is O=C(c1c(F)cccc1-c1ncccn1)N1C[C@@H]2CC[C@H]1[C@H](Nc1ccc(Cl)cn1)C2. The minimum atomic E-state index is -0.555. The zero-order chi connectivity index (χ0) is 21.4. The minimum absolute atomic E-state index is 0.0321. The number of piperidine rings is 2. The van der Waals surface area contributed by atoms with Gasteiger partial charge >= 0.3 is 0 Å². The van der Waals surface area contributed by atoms with Gasteiger partial charge in [-0.15, -0.1) is 0 Å². The molecule has 3 fully saturated rings. The molecule has 1 saturated carbocycles. The second-order valence-electron chi connectivity index (χ2n) is 8.05. The highest BCUT2D eigenvalue weighted by Gasteiger charge is 2.44. The highest BCUT2D eigenvalue weighted by Crippen LogP contribution is 2.38. The predicted octanol–water partition coefficient (Wildman–Crippen LogP) is 4.44. The summed E-state index contributed by atoms with van der Waals surface area (Å²) in [5.74, 6) is 0.555. The Kier molecular flexibility index (Phi) is 5.28. The molecule has 0 radical (unpaired) electrons. The fourth-order valence-corrected chi connectivity index (χ4v) is 4.86. The van der Waals surface area contributed by atoms with Gasteiger partial charge < -0.3 is 10.2 Å². The quantitative estimate of drug-likeness (QED) is 0.653. The Morgan fingerprint density at radius 3 is 2.68 bits per heavy atom. The van der Waals surface area contributed by atoms with Crippen LogP contribution >= 0.6 is 11.6 Å². The smallest absolute Gasteiger partial charge is 0.257 e. The van der Waals surface area contributed by atoms with E-state index in [0.717, 1.165) is 25.1 Å². The van der Waals surface area contributed by atoms with Crippen LogP contribution in [0.2, 0.25) is 5.02 Å². The predicted molar refractivity (Wildman–Crippen MR) is 116 cm³/mol. The third-order valence-corrected chi connectivity index (χ3v) is 6.36. The van der Waals surface area contributed by atoms with Crippen molar-refractivity contribution in [1.29, 1.82) is 0 Å². The summed E-state index contributed by atoms with van der Waals surface area (Å²) in [5.41, 5.74) is 0.445. The summed E-state index contributed by atoms with van der Waals surface area (Å²) in [6, 6.07) is 9.90. The number of hydrogen-bond donors (Lipinski definition) is 1. The van der Waals surface area contributed by atoms with Crippen LogP contribution in [0.4, 0.5) is 10.2 Å². The van der Waals surface area contributed by atoms with Crippen molar-refractivity contribution in [2.24, 2.45) is 5.92 Å². The van der Waals surface area contributed by atoms with E-state index >= 15 is 0 Å². The molecule has 1 amide bonds. The van der Waals surface area contributed by atoms with Crippen LogP contribution in [-0.4, -0.2) is 44.4 Å². The van der Waals surface area contributed by atoms with Crippen LogP contribution in [-0.2, 0) is 0 Å². The zero-order valence-electron chi connectivity index (χ0n) is 16.7. The molecule has 158 valence electrons. The molecule has 2 aromatic heterocycles. The van der Waals surface area contributed by atoms with Crippen molar-refractivity contribution in [2.45, 2.75) is 31.3 Å². The van der Waals surface area contributed by atoms with Crippen LogP contribution < -0.4 is 5.32 Å². The molecule has 6 nitrogen and oxygen atoms in total. The molecule has 3 atom stereocenters. The fraction of sp³-hybridized carbons (Fsp3) is 0.304. The van der Waals surface area contributed by atoms with Crippen LogP contribution in [0.25, 0.3) is 11.4 Å². The number of benzene rings is 1. The van der Waals surface area contributed by atoms with E-state index in [1.165, 1.54) is 6.07 Å². The third-order valence-electron chi connectivity index (χ3n) is 6.13. The molecule has 2 bridgehead atoms. The molecule has 0 spiro atoms. The maximum absolute atomic E-state index is 14.9. The number of amides is 1. The van der Waals surface area contributed by atoms with E-state index in [0.29, 0.717) is 28.9 Å². The first-order chi connectivity index (χ1) is 15.1. The number of pyridine rings is 1. The molecule has 6 rings (SSSR count). The molecule has 3 aliphatic rings. The summed E-state index contributed by atoms with van der Waals surface area (Å²) in [4.78, 5) is 28.2. The van der Waals surface area contributed by atoms with Crippen LogP contribution in [0.15, 0.2) is 55.0 Å². The number of hydrogen-bond acceptors (Lipinski definition) is 5. The number of aromatic nitrogens is 3. The highest BCUT2D eigenvalue weighted by molar-refractivity contribution is 6.30. The highest BCUT2D eigenvalue weighted by atomic mass is 35.5. The molecule has 2 saturated heterocycles. The summed E-state index contributed by atoms with van der Waals surface area (Å²) in [7, 11) is 0. The van der Waals surface area contributed by atoms with Gasteiger partial charge in [-0.1, -0.05) is 23.7 Å². The van der Waals surface area contributed by atoms with Crippen LogP contribution in [0.1, 0.15) is 29.6 Å². The molecule has 0 unspecified atom stereocenters. The minimum Gasteiger partial charge on any atom is -0.365 e. The first kappa shape index (κ1) is 19.9. The standard InChI is InChI=1S/C23H21ClFN5O/c24-15-6-8-20(28-12-15)29-18-11-14-5-7-19(18)30(13-14)23(31)21-16(3-1-4-17(21)25)22-26-9-2-10-27-22/h1-4,6,8-10,12,14,18-19H,5,7,11,13H2,(H,28,29)/t14-,18-,19+/m1/s1. The molecule has 31 heavy (non-hydrogen) atoms. The monoisotopic (exact) mass is 437 g/mol. The summed E-state index contributed by atoms with van der Waals surface area (Å²) in [6.07, 6.45) is 7.65. The molecular formula is C23H21ClFN5O. The lowest BCUT2D eigenvalue weighted by molar-refractivity contribution is 0.0278. The number of rotatable bonds is 4. The van der Waals surface area contributed by atoms with E-state index in [1.54, 1.807) is 42.9 Å². The molecule has 2 aliphatic heterocycles. The van der Waals surface area contributed by atoms with E-state index in [2.05, 4.69) is 20.3 Å². The Labute approximate surface area is 184 Å². The number of nitrogens with one attached hydrogen (secondary N) is 1. The van der Waals surface area contributed by atoms with E-state index in [4.69, 9.17) is 11.6 Å². The topological polar surface area (TPSA) is 71.0 Å². The number of carbonyl (C=O) groups is 1. The van der Waals surface area contributed by atoms with Gasteiger partial charge in [0.15, 0.2) is 5.82 Å². The van der Waals surface area contributed by atoms with E-state index in [9.17, 15) is 9.18 Å². The number of halogens is 2. The van der Waals surface area contributed by atoms with Gasteiger partial charge in [-0.3, -0.25) is 4.79 Å². The number of carbonyl (C=O) groups excluding carboxylic acids is 1. The Bertz CT molecular complexity index is 1090. The van der Waals surface area contributed by atoms with Gasteiger partial charge in [0.1, 0.15) is 11.6 Å². The Morgan fingerprint density at radius 2 is 1.94 bits per heavy atom. The molecule has 4 heterocycles. The molecule has 8 heteroatoms. The van der Waals surface area contributed by atoms with Gasteiger partial charge in [-0.2, -0.15) is 0 Å². The van der Waals surface area contributed by atoms with E-state index in [-0.39, 0.29) is 23.6 Å². The lowest BCUT2D eigenvalue weighted by Gasteiger charge is -2.50. The van der Waals surface area contributed by atoms with Crippen molar-refractivity contribution in [2.75, 3.05) is 11.9 Å². The van der Waals surface area contributed by atoms with Crippen molar-refractivity contribution < 1.29 is 9.18 Å². The maximum Gasteiger partial charge on any atom is 0.257 e. The average molecular weight is 438 g/mol. The van der Waals surface area contributed by atoms with E-state index < -0.39 is 5.82 Å². The third kappa shape index (κ3) is 3.85. The summed E-state index contributed by atoms with van der Waals surface area (Å²) in [5, 5.41) is 4.03. The molecule has 1 aromatic carbocycles. The number of nitrogens with zero attached hydrogens (tertiary/aromatic N) is 4. The van der Waals surface area contributed by atoms with Gasteiger partial charge in [-0.05, 0) is 49.4 Å². The maximum atomic E-state index is 14.9. The van der Waals surface area contributed by atoms with E-state index in [1.807, 2.05) is 11.0 Å². The second-order valence-corrected chi connectivity index (χ2v) is 8.49. The molecule has 1 aliphatic carbocycles. The molecule has 1 N–H and O–H groups in total. The Hall–Kier alpha value is -3.06. The van der Waals surface area contributed by atoms with Crippen LogP contribution in [0, 0.1) is 11.7 Å². The lowest BCUT2D eigenvalue weighted by Crippen LogP contribution is -2.60. The Morgan fingerprint density at radius 1 is 1.10 bits per heavy atom. The van der Waals surface area contributed by atoms with Crippen molar-refractivity contribution in [3.8, 4) is 11.4 Å². The van der Waals surface area contributed by atoms with Gasteiger partial charge in [0, 0.05) is 36.7 Å². The first-order valence-corrected chi connectivity index (χ1v) is 10.7. The van der Waals surface area contributed by atoms with Crippen molar-refractivity contribution in [1.82, 2.24) is 19.9 Å². The van der Waals surface area contributed by atoms with Crippen molar-refractivity contribution in [3.63, 3.8) is 0 Å². The molecule has 3 aromatic rings. The molecular weight excluding hydrogens is 417 g/mol. The van der Waals surface area contributed by atoms with Crippen LogP contribution in [0.3, 0.4) is 0 Å². The normalized spacial score (nSPS) is 22.4. The summed E-state index contributed by atoms with van der Waals surface area (Å²) in [6.45, 7) is 0.624. The summed E-state index contributed by atoms with van der Waals surface area (Å²) < 4.78 is 14.9. The summed E-state index contributed by atoms with van der Waals surface area (Å²) >= 11 is 5.94. The van der Waals surface area contributed by atoms with Gasteiger partial charge in [0.2, 0.25) is 0 Å². The zero-order valence-corrected chi connectivity index (χ0v) is 17.5. The average Bonchev–Trinajstić information content (AvgIpc) is 2.81. The largest absolute Gasteiger partial charge is 0.365 e. The Balaban J connectivity index is 1.45. The van der Waals surface area contributed by atoms with Crippen molar-refractivity contribution in [3.05, 3.63) is 71.4 Å². The fourth-order valence-electron chi connectivity index (χ4n) is 4.74.